The molecular formula is C29H28BrClN2O3S. The minimum absolute atomic E-state index is 0.0688. The highest BCUT2D eigenvalue weighted by Gasteiger charge is 2.34. The van der Waals surface area contributed by atoms with Crippen molar-refractivity contribution in [1.82, 2.24) is 4.90 Å². The van der Waals surface area contributed by atoms with Crippen LogP contribution in [0.4, 0.5) is 5.69 Å². The van der Waals surface area contributed by atoms with Crippen LogP contribution in [0.15, 0.2) is 81.1 Å². The third-order valence-corrected chi connectivity index (χ3v) is 7.32. The molecule has 1 saturated heterocycles. The van der Waals surface area contributed by atoms with Crippen LogP contribution in [-0.4, -0.2) is 29.1 Å². The maximum Gasteiger partial charge on any atom is 0.266 e. The van der Waals surface area contributed by atoms with Crippen LogP contribution in [0.25, 0.3) is 6.08 Å². The fourth-order valence-electron chi connectivity index (χ4n) is 3.66. The van der Waals surface area contributed by atoms with E-state index in [1.54, 1.807) is 17.0 Å². The van der Waals surface area contributed by atoms with E-state index in [2.05, 4.69) is 29.8 Å². The van der Waals surface area contributed by atoms with E-state index in [4.69, 9.17) is 26.1 Å². The molecule has 1 amide bonds. The SMILES string of the molecule is CCOc1cc(/C=C2\SC(=Nc3ccc(Cl)cc3)N(CC(C)C)C2=O)c(Br)cc1OCc1ccccc1. The normalized spacial score (nSPS) is 15.7. The fraction of sp³-hybridized carbons (Fsp3) is 0.241. The summed E-state index contributed by atoms with van der Waals surface area (Å²) in [6.07, 6.45) is 1.87. The summed E-state index contributed by atoms with van der Waals surface area (Å²) in [5.41, 5.74) is 2.64. The van der Waals surface area contributed by atoms with E-state index in [-0.39, 0.29) is 11.8 Å². The van der Waals surface area contributed by atoms with Gasteiger partial charge in [0.05, 0.1) is 17.2 Å². The zero-order valence-electron chi connectivity index (χ0n) is 20.9. The Morgan fingerprint density at radius 2 is 1.76 bits per heavy atom. The molecule has 0 unspecified atom stereocenters. The first-order valence-corrected chi connectivity index (χ1v) is 14.0. The number of carbonyl (C=O) groups is 1. The average molecular weight is 600 g/mol. The van der Waals surface area contributed by atoms with Gasteiger partial charge in [-0.25, -0.2) is 4.99 Å². The van der Waals surface area contributed by atoms with Gasteiger partial charge in [0.2, 0.25) is 0 Å². The van der Waals surface area contributed by atoms with Gasteiger partial charge in [0, 0.05) is 16.0 Å². The first-order valence-electron chi connectivity index (χ1n) is 12.0. The number of halogens is 2. The Hall–Kier alpha value is -2.74. The van der Waals surface area contributed by atoms with E-state index < -0.39 is 0 Å². The molecule has 1 fully saturated rings. The van der Waals surface area contributed by atoms with Crippen LogP contribution in [0.5, 0.6) is 11.5 Å². The molecule has 192 valence electrons. The molecule has 1 heterocycles. The first kappa shape index (κ1) is 27.3. The van der Waals surface area contributed by atoms with Crippen LogP contribution in [0.3, 0.4) is 0 Å². The maximum atomic E-state index is 13.4. The molecule has 0 bridgehead atoms. The fourth-order valence-corrected chi connectivity index (χ4v) is 5.22. The van der Waals surface area contributed by atoms with Gasteiger partial charge in [-0.05, 0) is 78.2 Å². The van der Waals surface area contributed by atoms with Crippen LogP contribution < -0.4 is 9.47 Å². The topological polar surface area (TPSA) is 51.1 Å². The summed E-state index contributed by atoms with van der Waals surface area (Å²) in [6, 6.07) is 21.0. The van der Waals surface area contributed by atoms with Gasteiger partial charge in [0.15, 0.2) is 16.7 Å². The van der Waals surface area contributed by atoms with Gasteiger partial charge < -0.3 is 9.47 Å². The van der Waals surface area contributed by atoms with Crippen molar-refractivity contribution >= 4 is 62.1 Å². The molecule has 0 radical (unpaired) electrons. The van der Waals surface area contributed by atoms with Crippen molar-refractivity contribution in [1.29, 1.82) is 0 Å². The molecule has 0 N–H and O–H groups in total. The number of ether oxygens (including phenoxy) is 2. The van der Waals surface area contributed by atoms with Crippen LogP contribution in [-0.2, 0) is 11.4 Å². The summed E-state index contributed by atoms with van der Waals surface area (Å²) in [4.78, 5) is 20.5. The van der Waals surface area contributed by atoms with Gasteiger partial charge in [-0.3, -0.25) is 9.69 Å². The molecule has 37 heavy (non-hydrogen) atoms. The Morgan fingerprint density at radius 3 is 2.43 bits per heavy atom. The zero-order chi connectivity index (χ0) is 26.4. The number of amidine groups is 1. The van der Waals surface area contributed by atoms with Crippen molar-refractivity contribution in [2.75, 3.05) is 13.2 Å². The van der Waals surface area contributed by atoms with Crippen molar-refractivity contribution in [3.05, 3.63) is 92.3 Å². The Morgan fingerprint density at radius 1 is 1.05 bits per heavy atom. The molecule has 3 aromatic rings. The van der Waals surface area contributed by atoms with Crippen molar-refractivity contribution in [3.8, 4) is 11.5 Å². The van der Waals surface area contributed by atoms with E-state index >= 15 is 0 Å². The number of nitrogens with zero attached hydrogens (tertiary/aromatic N) is 2. The lowest BCUT2D eigenvalue weighted by atomic mass is 10.1. The minimum Gasteiger partial charge on any atom is -0.490 e. The molecule has 5 nitrogen and oxygen atoms in total. The third kappa shape index (κ3) is 7.18. The summed E-state index contributed by atoms with van der Waals surface area (Å²) in [5, 5.41) is 1.29. The van der Waals surface area contributed by atoms with Crippen molar-refractivity contribution in [3.63, 3.8) is 0 Å². The van der Waals surface area contributed by atoms with Crippen LogP contribution in [0.1, 0.15) is 31.9 Å². The van der Waals surface area contributed by atoms with Gasteiger partial charge in [-0.2, -0.15) is 0 Å². The van der Waals surface area contributed by atoms with E-state index in [0.29, 0.717) is 46.4 Å². The molecular weight excluding hydrogens is 572 g/mol. The highest BCUT2D eigenvalue weighted by molar-refractivity contribution is 9.10. The number of aliphatic imine (C=N–C) groups is 1. The summed E-state index contributed by atoms with van der Waals surface area (Å²) in [5.74, 6) is 1.48. The second-order valence-electron chi connectivity index (χ2n) is 8.82. The summed E-state index contributed by atoms with van der Waals surface area (Å²) >= 11 is 11.0. The molecule has 1 aliphatic rings. The Kier molecular flexibility index (Phi) is 9.35. The lowest BCUT2D eigenvalue weighted by molar-refractivity contribution is -0.122. The van der Waals surface area contributed by atoms with Crippen LogP contribution >= 0.6 is 39.3 Å². The van der Waals surface area contributed by atoms with Gasteiger partial charge in [0.25, 0.3) is 5.91 Å². The van der Waals surface area contributed by atoms with Crippen molar-refractivity contribution in [2.24, 2.45) is 10.9 Å². The van der Waals surface area contributed by atoms with Gasteiger partial charge in [-0.15, -0.1) is 0 Å². The lowest BCUT2D eigenvalue weighted by Gasteiger charge is -2.17. The van der Waals surface area contributed by atoms with Crippen LogP contribution in [0, 0.1) is 5.92 Å². The summed E-state index contributed by atoms with van der Waals surface area (Å²) < 4.78 is 12.8. The number of thioether (sulfide) groups is 1. The van der Waals surface area contributed by atoms with Gasteiger partial charge >= 0.3 is 0 Å². The molecule has 0 aromatic heterocycles. The highest BCUT2D eigenvalue weighted by atomic mass is 79.9. The Labute approximate surface area is 235 Å². The predicted octanol–water partition coefficient (Wildman–Crippen LogP) is 8.34. The average Bonchev–Trinajstić information content (AvgIpc) is 3.15. The Bertz CT molecular complexity index is 1310. The standard InChI is InChI=1S/C29H28BrClN2O3S/c1-4-35-25-14-21(24(30)16-26(25)36-18-20-8-6-5-7-9-20)15-27-28(34)33(17-19(2)3)29(37-27)32-23-12-10-22(31)11-13-23/h5-16,19H,4,17-18H2,1-3H3/b27-15-,32-29?. The van der Waals surface area contributed by atoms with E-state index in [1.165, 1.54) is 11.8 Å². The maximum absolute atomic E-state index is 13.4. The molecule has 0 atom stereocenters. The number of amides is 1. The molecule has 4 rings (SSSR count). The summed E-state index contributed by atoms with van der Waals surface area (Å²) in [7, 11) is 0. The van der Waals surface area contributed by atoms with Crippen LogP contribution in [0.2, 0.25) is 5.02 Å². The molecule has 0 aliphatic carbocycles. The number of hydrogen-bond donors (Lipinski definition) is 0. The largest absolute Gasteiger partial charge is 0.490 e. The second kappa shape index (κ2) is 12.7. The van der Waals surface area contributed by atoms with E-state index in [1.807, 2.05) is 67.6 Å². The van der Waals surface area contributed by atoms with Gasteiger partial charge in [0.1, 0.15) is 6.61 Å². The van der Waals surface area contributed by atoms with Gasteiger partial charge in [-0.1, -0.05) is 71.7 Å². The molecule has 1 aliphatic heterocycles. The predicted molar refractivity (Wildman–Crippen MR) is 157 cm³/mol. The quantitative estimate of drug-likeness (QED) is 0.232. The molecule has 0 saturated carbocycles. The van der Waals surface area contributed by atoms with Crippen molar-refractivity contribution in [2.45, 2.75) is 27.4 Å². The third-order valence-electron chi connectivity index (χ3n) is 5.37. The molecule has 3 aromatic carbocycles. The zero-order valence-corrected chi connectivity index (χ0v) is 24.1. The second-order valence-corrected chi connectivity index (χ2v) is 11.1. The van der Waals surface area contributed by atoms with E-state index in [0.717, 1.165) is 21.3 Å². The van der Waals surface area contributed by atoms with E-state index in [9.17, 15) is 4.79 Å². The van der Waals surface area contributed by atoms with Crippen molar-refractivity contribution < 1.29 is 14.3 Å². The number of benzene rings is 3. The monoisotopic (exact) mass is 598 g/mol. The number of carbonyl (C=O) groups excluding carboxylic acids is 1. The summed E-state index contributed by atoms with van der Waals surface area (Å²) in [6.45, 7) is 7.59. The highest BCUT2D eigenvalue weighted by Crippen LogP contribution is 2.39. The number of hydrogen-bond acceptors (Lipinski definition) is 5. The Balaban J connectivity index is 1.64. The molecule has 0 spiro atoms. The minimum atomic E-state index is -0.0688. The first-order chi connectivity index (χ1) is 17.8. The lowest BCUT2D eigenvalue weighted by Crippen LogP contribution is -2.32. The number of rotatable bonds is 9. The molecule has 8 heteroatoms. The smallest absolute Gasteiger partial charge is 0.266 e.